The maximum atomic E-state index is 10.8. The third kappa shape index (κ3) is 2.75. The number of rotatable bonds is 4. The smallest absolute Gasteiger partial charge is 0.288 e. The molecule has 9 heteroatoms. The first-order valence-electron chi connectivity index (χ1n) is 5.96. The van der Waals surface area contributed by atoms with Crippen LogP contribution in [-0.4, -0.2) is 24.9 Å². The number of aromatic amines is 1. The van der Waals surface area contributed by atoms with Crippen molar-refractivity contribution in [1.82, 2.24) is 19.9 Å². The fraction of sp³-hybridized carbons (Fsp3) is 0.0833. The van der Waals surface area contributed by atoms with Gasteiger partial charge in [-0.1, -0.05) is 17.7 Å². The molecule has 3 aromatic rings. The van der Waals surface area contributed by atoms with Gasteiger partial charge in [0.15, 0.2) is 5.65 Å². The van der Waals surface area contributed by atoms with Crippen LogP contribution in [0, 0.1) is 10.1 Å². The zero-order valence-corrected chi connectivity index (χ0v) is 11.3. The number of hydrogen-bond acceptors (Lipinski definition) is 6. The second kappa shape index (κ2) is 5.33. The Bertz CT molecular complexity index is 818. The van der Waals surface area contributed by atoms with E-state index in [4.69, 9.17) is 11.6 Å². The van der Waals surface area contributed by atoms with E-state index in [2.05, 4.69) is 25.3 Å². The molecule has 8 nitrogen and oxygen atoms in total. The number of fused-ring (bicyclic) bond motifs is 1. The Morgan fingerprint density at radius 3 is 3.05 bits per heavy atom. The van der Waals surface area contributed by atoms with Crippen LogP contribution in [-0.2, 0) is 6.54 Å². The van der Waals surface area contributed by atoms with Crippen molar-refractivity contribution in [1.29, 1.82) is 0 Å². The van der Waals surface area contributed by atoms with Crippen LogP contribution in [0.15, 0.2) is 30.7 Å². The Kier molecular flexibility index (Phi) is 3.36. The van der Waals surface area contributed by atoms with Crippen molar-refractivity contribution in [2.24, 2.45) is 0 Å². The van der Waals surface area contributed by atoms with Crippen LogP contribution in [0.1, 0.15) is 5.56 Å². The summed E-state index contributed by atoms with van der Waals surface area (Å²) in [6, 6.07) is 4.62. The van der Waals surface area contributed by atoms with Crippen LogP contribution >= 0.6 is 11.6 Å². The number of H-pyrrole nitrogens is 1. The maximum Gasteiger partial charge on any atom is 0.288 e. The van der Waals surface area contributed by atoms with E-state index >= 15 is 0 Å². The molecule has 2 heterocycles. The average Bonchev–Trinajstić information content (AvgIpc) is 2.93. The van der Waals surface area contributed by atoms with E-state index in [1.54, 1.807) is 12.3 Å². The molecule has 106 valence electrons. The van der Waals surface area contributed by atoms with Gasteiger partial charge < -0.3 is 10.3 Å². The Morgan fingerprint density at radius 2 is 2.24 bits per heavy atom. The second-order valence-corrected chi connectivity index (χ2v) is 4.64. The maximum absolute atomic E-state index is 10.8. The van der Waals surface area contributed by atoms with Gasteiger partial charge in [0.2, 0.25) is 5.95 Å². The fourth-order valence-electron chi connectivity index (χ4n) is 1.81. The van der Waals surface area contributed by atoms with Crippen LogP contribution in [0.4, 0.5) is 11.6 Å². The Labute approximate surface area is 123 Å². The predicted molar refractivity (Wildman–Crippen MR) is 77.1 cm³/mol. The van der Waals surface area contributed by atoms with Gasteiger partial charge in [-0.05, 0) is 11.6 Å². The van der Waals surface area contributed by atoms with Crippen LogP contribution in [0.5, 0.6) is 0 Å². The molecule has 0 saturated heterocycles. The second-order valence-electron chi connectivity index (χ2n) is 4.23. The van der Waals surface area contributed by atoms with E-state index in [1.807, 2.05) is 0 Å². The lowest BCUT2D eigenvalue weighted by atomic mass is 10.2. The number of aromatic nitrogens is 4. The summed E-state index contributed by atoms with van der Waals surface area (Å²) in [6.45, 7) is 0.341. The quantitative estimate of drug-likeness (QED) is 0.566. The number of hydrogen-bond donors (Lipinski definition) is 2. The number of nitrogens with zero attached hydrogens (tertiary/aromatic N) is 4. The van der Waals surface area contributed by atoms with Gasteiger partial charge in [-0.2, -0.15) is 4.98 Å². The summed E-state index contributed by atoms with van der Waals surface area (Å²) in [6.07, 6.45) is 3.15. The third-order valence-corrected chi connectivity index (χ3v) is 3.15. The highest BCUT2D eigenvalue weighted by atomic mass is 35.5. The number of nitro benzene ring substituents is 1. The molecule has 0 bridgehead atoms. The lowest BCUT2D eigenvalue weighted by molar-refractivity contribution is -0.384. The summed E-state index contributed by atoms with van der Waals surface area (Å²) in [7, 11) is 0. The van der Waals surface area contributed by atoms with Gasteiger partial charge >= 0.3 is 0 Å². The molecule has 2 N–H and O–H groups in total. The summed E-state index contributed by atoms with van der Waals surface area (Å²) in [5.41, 5.74) is 1.87. The van der Waals surface area contributed by atoms with Gasteiger partial charge in [-0.15, -0.1) is 0 Å². The topological polar surface area (TPSA) is 110 Å². The number of imidazole rings is 1. The first-order valence-corrected chi connectivity index (χ1v) is 6.34. The predicted octanol–water partition coefficient (Wildman–Crippen LogP) is 2.53. The number of nitro groups is 1. The van der Waals surface area contributed by atoms with Crippen molar-refractivity contribution in [2.45, 2.75) is 6.54 Å². The summed E-state index contributed by atoms with van der Waals surface area (Å²) in [5, 5.41) is 13.9. The zero-order valence-electron chi connectivity index (χ0n) is 10.6. The highest BCUT2D eigenvalue weighted by molar-refractivity contribution is 6.32. The molecule has 0 atom stereocenters. The molecule has 0 spiro atoms. The monoisotopic (exact) mass is 304 g/mol. The van der Waals surface area contributed by atoms with Crippen molar-refractivity contribution >= 4 is 34.4 Å². The Balaban J connectivity index is 1.77. The van der Waals surface area contributed by atoms with Crippen molar-refractivity contribution < 1.29 is 4.92 Å². The Morgan fingerprint density at radius 1 is 1.38 bits per heavy atom. The molecule has 0 unspecified atom stereocenters. The molecule has 0 aliphatic carbocycles. The van der Waals surface area contributed by atoms with Crippen molar-refractivity contribution in [3.63, 3.8) is 0 Å². The first-order chi connectivity index (χ1) is 10.1. The van der Waals surface area contributed by atoms with Crippen LogP contribution in [0.25, 0.3) is 11.2 Å². The van der Waals surface area contributed by atoms with E-state index in [0.717, 1.165) is 5.52 Å². The SMILES string of the molecule is O=[N+]([O-])c1cc(CNc2ncc3[nH]cnc3n2)ccc1Cl. The van der Waals surface area contributed by atoms with E-state index in [9.17, 15) is 10.1 Å². The molecular formula is C12H9ClN6O2. The van der Waals surface area contributed by atoms with Crippen LogP contribution in [0.3, 0.4) is 0 Å². The van der Waals surface area contributed by atoms with Gasteiger partial charge in [-0.25, -0.2) is 9.97 Å². The summed E-state index contributed by atoms with van der Waals surface area (Å²) in [4.78, 5) is 25.6. The number of halogens is 1. The average molecular weight is 305 g/mol. The highest BCUT2D eigenvalue weighted by Crippen LogP contribution is 2.25. The molecule has 0 amide bonds. The molecule has 21 heavy (non-hydrogen) atoms. The summed E-state index contributed by atoms with van der Waals surface area (Å²) < 4.78 is 0. The summed E-state index contributed by atoms with van der Waals surface area (Å²) in [5.74, 6) is 0.396. The minimum Gasteiger partial charge on any atom is -0.350 e. The lowest BCUT2D eigenvalue weighted by Crippen LogP contribution is -2.04. The van der Waals surface area contributed by atoms with Crippen molar-refractivity contribution in [3.05, 3.63) is 51.4 Å². The van der Waals surface area contributed by atoms with E-state index in [-0.39, 0.29) is 10.7 Å². The largest absolute Gasteiger partial charge is 0.350 e. The zero-order chi connectivity index (χ0) is 14.8. The number of benzene rings is 1. The first kappa shape index (κ1) is 13.3. The molecule has 0 aliphatic rings. The van der Waals surface area contributed by atoms with Crippen LogP contribution in [0.2, 0.25) is 5.02 Å². The molecule has 0 fully saturated rings. The molecule has 3 rings (SSSR count). The minimum absolute atomic E-state index is 0.109. The van der Waals surface area contributed by atoms with Crippen LogP contribution < -0.4 is 5.32 Å². The normalized spacial score (nSPS) is 10.7. The molecule has 0 radical (unpaired) electrons. The fourth-order valence-corrected chi connectivity index (χ4v) is 2.00. The summed E-state index contributed by atoms with van der Waals surface area (Å²) >= 11 is 5.76. The molecular weight excluding hydrogens is 296 g/mol. The van der Waals surface area contributed by atoms with E-state index in [1.165, 1.54) is 18.5 Å². The van der Waals surface area contributed by atoms with Gasteiger partial charge in [0.05, 0.1) is 17.4 Å². The van der Waals surface area contributed by atoms with Gasteiger partial charge in [0.1, 0.15) is 10.5 Å². The molecule has 0 saturated carbocycles. The lowest BCUT2D eigenvalue weighted by Gasteiger charge is -2.05. The molecule has 0 aliphatic heterocycles. The van der Waals surface area contributed by atoms with Gasteiger partial charge in [-0.3, -0.25) is 10.1 Å². The van der Waals surface area contributed by atoms with E-state index < -0.39 is 4.92 Å². The number of nitrogens with one attached hydrogen (secondary N) is 2. The van der Waals surface area contributed by atoms with Gasteiger partial charge in [0, 0.05) is 12.6 Å². The standard InChI is InChI=1S/C12H9ClN6O2/c13-8-2-1-7(3-10(8)19(20)21)4-14-12-15-5-9-11(18-12)17-6-16-9/h1-3,5-6H,4H2,(H2,14,15,16,17,18). The van der Waals surface area contributed by atoms with Crippen molar-refractivity contribution in [3.8, 4) is 0 Å². The Hall–Kier alpha value is -2.74. The van der Waals surface area contributed by atoms with Gasteiger partial charge in [0.25, 0.3) is 5.69 Å². The van der Waals surface area contributed by atoms with Crippen molar-refractivity contribution in [2.75, 3.05) is 5.32 Å². The third-order valence-electron chi connectivity index (χ3n) is 2.83. The highest BCUT2D eigenvalue weighted by Gasteiger charge is 2.12. The number of anilines is 1. The van der Waals surface area contributed by atoms with E-state index in [0.29, 0.717) is 23.7 Å². The minimum atomic E-state index is -0.516. The molecule has 2 aromatic heterocycles. The molecule has 1 aromatic carbocycles.